The van der Waals surface area contributed by atoms with Gasteiger partial charge in [-0.3, -0.25) is 9.59 Å². The van der Waals surface area contributed by atoms with E-state index in [0.717, 1.165) is 5.56 Å². The first-order valence-corrected chi connectivity index (χ1v) is 14.8. The Labute approximate surface area is 258 Å². The van der Waals surface area contributed by atoms with Crippen LogP contribution in [0.15, 0.2) is 121 Å². The van der Waals surface area contributed by atoms with Crippen molar-refractivity contribution < 1.29 is 28.6 Å². The number of amides is 1. The van der Waals surface area contributed by atoms with Gasteiger partial charge in [0, 0.05) is 28.9 Å². The van der Waals surface area contributed by atoms with E-state index in [1.165, 1.54) is 23.5 Å². The molecule has 222 valence electrons. The maximum atomic E-state index is 13.5. The van der Waals surface area contributed by atoms with Crippen LogP contribution in [0.2, 0.25) is 0 Å². The van der Waals surface area contributed by atoms with Gasteiger partial charge in [0.1, 0.15) is 24.2 Å². The van der Waals surface area contributed by atoms with Gasteiger partial charge in [-0.1, -0.05) is 60.7 Å². The molecule has 1 aromatic heterocycles. The number of halogens is 1. The minimum absolute atomic E-state index is 0.164. The Balaban J connectivity index is 1.22. The topological polar surface area (TPSA) is 95.9 Å². The predicted molar refractivity (Wildman–Crippen MR) is 169 cm³/mol. The lowest BCUT2D eigenvalue weighted by Crippen LogP contribution is -2.34. The Bertz CT molecular complexity index is 1710. The smallest absolute Gasteiger partial charge is 0.326 e. The van der Waals surface area contributed by atoms with Crippen molar-refractivity contribution in [1.82, 2.24) is 0 Å². The zero-order valence-corrected chi connectivity index (χ0v) is 24.4. The third kappa shape index (κ3) is 7.56. The monoisotopic (exact) mass is 608 g/mol. The van der Waals surface area contributed by atoms with Crippen LogP contribution in [0.4, 0.5) is 15.8 Å². The van der Waals surface area contributed by atoms with Gasteiger partial charge in [-0.2, -0.15) is 0 Å². The average molecular weight is 609 g/mol. The van der Waals surface area contributed by atoms with Crippen LogP contribution < -0.4 is 15.0 Å². The first-order valence-electron chi connectivity index (χ1n) is 13.9. The molecule has 44 heavy (non-hydrogen) atoms. The Morgan fingerprint density at radius 3 is 2.23 bits per heavy atom. The fraction of sp³-hybridized carbons (Fsp3) is 0.114. The number of para-hydroxylation sites is 1. The van der Waals surface area contributed by atoms with Crippen LogP contribution >= 0.6 is 11.3 Å². The zero-order chi connectivity index (χ0) is 30.9. The van der Waals surface area contributed by atoms with Gasteiger partial charge in [0.15, 0.2) is 5.78 Å². The highest BCUT2D eigenvalue weighted by molar-refractivity contribution is 7.12. The number of hydrogen-bond acceptors (Lipinski definition) is 6. The number of anilines is 2. The molecule has 0 saturated heterocycles. The van der Waals surface area contributed by atoms with Crippen molar-refractivity contribution in [2.75, 3.05) is 23.4 Å². The summed E-state index contributed by atoms with van der Waals surface area (Å²) in [6.45, 7) is 0.412. The number of nitrogens with one attached hydrogen (secondary N) is 1. The van der Waals surface area contributed by atoms with Gasteiger partial charge in [0.05, 0.1) is 11.4 Å². The number of thiophene rings is 1. The van der Waals surface area contributed by atoms with Crippen LogP contribution in [0.5, 0.6) is 5.75 Å². The van der Waals surface area contributed by atoms with Crippen molar-refractivity contribution in [3.63, 3.8) is 0 Å². The maximum Gasteiger partial charge on any atom is 0.326 e. The summed E-state index contributed by atoms with van der Waals surface area (Å²) in [6, 6.07) is 31.0. The van der Waals surface area contributed by atoms with Gasteiger partial charge in [-0.05, 0) is 65.5 Å². The lowest BCUT2D eigenvalue weighted by molar-refractivity contribution is -0.137. The number of aliphatic carboxylic acids is 1. The van der Waals surface area contributed by atoms with Gasteiger partial charge in [0.2, 0.25) is 0 Å². The molecule has 0 aliphatic carbocycles. The molecule has 5 rings (SSSR count). The van der Waals surface area contributed by atoms with E-state index in [9.17, 15) is 23.9 Å². The van der Waals surface area contributed by atoms with E-state index < -0.39 is 12.0 Å². The molecule has 0 aliphatic heterocycles. The molecule has 9 heteroatoms. The Hall–Kier alpha value is -5.28. The second kappa shape index (κ2) is 14.3. The van der Waals surface area contributed by atoms with Crippen molar-refractivity contribution in [3.8, 4) is 5.75 Å². The van der Waals surface area contributed by atoms with Crippen LogP contribution in [0.1, 0.15) is 31.2 Å². The van der Waals surface area contributed by atoms with E-state index in [2.05, 4.69) is 5.32 Å². The van der Waals surface area contributed by atoms with Gasteiger partial charge < -0.3 is 20.1 Å². The minimum atomic E-state index is -1.05. The zero-order valence-electron chi connectivity index (χ0n) is 23.6. The molecule has 0 aliphatic rings. The van der Waals surface area contributed by atoms with Crippen molar-refractivity contribution in [2.24, 2.45) is 0 Å². The maximum absolute atomic E-state index is 13.5. The third-order valence-corrected chi connectivity index (χ3v) is 7.76. The van der Waals surface area contributed by atoms with Crippen LogP contribution in [-0.2, 0) is 11.2 Å². The highest BCUT2D eigenvalue weighted by Crippen LogP contribution is 2.23. The summed E-state index contributed by atoms with van der Waals surface area (Å²) in [7, 11) is 0. The molecule has 1 atom stereocenters. The first kappa shape index (κ1) is 30.2. The summed E-state index contributed by atoms with van der Waals surface area (Å²) in [5.74, 6) is -1.29. The van der Waals surface area contributed by atoms with Crippen molar-refractivity contribution in [1.29, 1.82) is 0 Å². The number of rotatable bonds is 13. The van der Waals surface area contributed by atoms with E-state index in [-0.39, 0.29) is 37.1 Å². The molecular weight excluding hydrogens is 579 g/mol. The highest BCUT2D eigenvalue weighted by atomic mass is 32.1. The van der Waals surface area contributed by atoms with E-state index >= 15 is 0 Å². The summed E-state index contributed by atoms with van der Waals surface area (Å²) < 4.78 is 19.4. The van der Waals surface area contributed by atoms with Gasteiger partial charge >= 0.3 is 5.97 Å². The van der Waals surface area contributed by atoms with Crippen LogP contribution in [-0.4, -0.2) is 42.0 Å². The minimum Gasteiger partial charge on any atom is -0.492 e. The van der Waals surface area contributed by atoms with Crippen LogP contribution in [0.3, 0.4) is 0 Å². The molecule has 5 aromatic rings. The molecule has 0 unspecified atom stereocenters. The second-order valence-electron chi connectivity index (χ2n) is 9.88. The Kier molecular flexibility index (Phi) is 9.78. The number of carbonyl (C=O) groups excluding carboxylic acids is 2. The van der Waals surface area contributed by atoms with Crippen LogP contribution in [0, 0.1) is 5.82 Å². The molecule has 7 nitrogen and oxygen atoms in total. The summed E-state index contributed by atoms with van der Waals surface area (Å²) in [5, 5.41) is 14.8. The molecule has 1 amide bonds. The van der Waals surface area contributed by atoms with Crippen LogP contribution in [0.25, 0.3) is 0 Å². The number of nitrogens with zero attached hydrogens (tertiary/aromatic N) is 1. The van der Waals surface area contributed by atoms with Gasteiger partial charge in [-0.15, -0.1) is 11.3 Å². The lowest BCUT2D eigenvalue weighted by atomic mass is 10.00. The lowest BCUT2D eigenvalue weighted by Gasteiger charge is -2.22. The van der Waals surface area contributed by atoms with Crippen molar-refractivity contribution in [2.45, 2.75) is 12.5 Å². The molecule has 0 spiro atoms. The number of carbonyl (C=O) groups is 3. The quantitative estimate of drug-likeness (QED) is 0.141. The number of benzene rings is 4. The predicted octanol–water partition coefficient (Wildman–Crippen LogP) is 6.95. The summed E-state index contributed by atoms with van der Waals surface area (Å²) >= 11 is 1.33. The summed E-state index contributed by atoms with van der Waals surface area (Å²) in [4.78, 5) is 40.5. The van der Waals surface area contributed by atoms with Gasteiger partial charge in [0.25, 0.3) is 5.91 Å². The molecule has 0 bridgehead atoms. The molecule has 0 radical (unpaired) electrons. The summed E-state index contributed by atoms with van der Waals surface area (Å²) in [5.41, 5.74) is 2.66. The average Bonchev–Trinajstić information content (AvgIpc) is 3.60. The van der Waals surface area contributed by atoms with E-state index in [0.29, 0.717) is 33.1 Å². The molecular formula is C35H29FN2O5S. The number of carboxylic acids is 1. The first-order chi connectivity index (χ1) is 21.4. The van der Waals surface area contributed by atoms with E-state index in [4.69, 9.17) is 4.74 Å². The Morgan fingerprint density at radius 1 is 0.841 bits per heavy atom. The largest absolute Gasteiger partial charge is 0.492 e. The molecule has 4 aromatic carbocycles. The van der Waals surface area contributed by atoms with Crippen molar-refractivity contribution in [3.05, 3.63) is 148 Å². The van der Waals surface area contributed by atoms with E-state index in [1.807, 2.05) is 11.4 Å². The third-order valence-electron chi connectivity index (χ3n) is 6.90. The SMILES string of the molecule is O=C(c1ccccc1)c1ccccc1N[C@@H](Cc1ccc(OCCN(C(=O)c2cccs2)c2ccc(F)cc2)cc1)C(=O)O. The van der Waals surface area contributed by atoms with Crippen molar-refractivity contribution >= 4 is 40.4 Å². The standard InChI is InChI=1S/C35H29FN2O5S/c36-26-14-16-27(17-15-26)38(34(40)32-11-6-22-44-32)20-21-43-28-18-12-24(13-19-28)23-31(35(41)42)37-30-10-5-4-9-29(30)33(39)25-7-2-1-3-8-25/h1-19,22,31,37H,20-21,23H2,(H,41,42)/t31-/m0/s1. The summed E-state index contributed by atoms with van der Waals surface area (Å²) in [6.07, 6.45) is 0.164. The fourth-order valence-electron chi connectivity index (χ4n) is 4.65. The molecule has 2 N–H and O–H groups in total. The normalized spacial score (nSPS) is 11.4. The fourth-order valence-corrected chi connectivity index (χ4v) is 5.33. The molecule has 1 heterocycles. The number of carboxylic acid groups (broad SMARTS) is 1. The molecule has 0 saturated carbocycles. The number of ketones is 1. The number of hydrogen-bond donors (Lipinski definition) is 2. The number of ether oxygens (including phenoxy) is 1. The molecule has 0 fully saturated rings. The Morgan fingerprint density at radius 2 is 1.55 bits per heavy atom. The van der Waals surface area contributed by atoms with Gasteiger partial charge in [-0.25, -0.2) is 9.18 Å². The second-order valence-corrected chi connectivity index (χ2v) is 10.8. The van der Waals surface area contributed by atoms with E-state index in [1.54, 1.807) is 102 Å². The highest BCUT2D eigenvalue weighted by Gasteiger charge is 2.22.